The molecule has 0 aliphatic rings. The third kappa shape index (κ3) is 7.90. The fourth-order valence-corrected chi connectivity index (χ4v) is 2.45. The number of carbonyl (C=O) groups is 3. The number of nitrogens with one attached hydrogen (secondary N) is 1. The van der Waals surface area contributed by atoms with Crippen LogP contribution in [0.5, 0.6) is 0 Å². The third-order valence-electron chi connectivity index (χ3n) is 4.02. The van der Waals surface area contributed by atoms with E-state index in [1.54, 1.807) is 20.8 Å². The van der Waals surface area contributed by atoms with Gasteiger partial charge in [0.2, 0.25) is 0 Å². The molecule has 0 spiro atoms. The summed E-state index contributed by atoms with van der Waals surface area (Å²) in [5.41, 5.74) is 3.02. The number of rotatable bonds is 8. The number of thioether (sulfide) groups is 1. The normalized spacial score (nSPS) is 18.2. The van der Waals surface area contributed by atoms with Crippen molar-refractivity contribution in [2.45, 2.75) is 45.7 Å². The van der Waals surface area contributed by atoms with Gasteiger partial charge < -0.3 is 21.1 Å². The highest BCUT2D eigenvalue weighted by molar-refractivity contribution is 8.13. The Morgan fingerprint density at radius 1 is 1.17 bits per heavy atom. The molecule has 0 aromatic heterocycles. The molecule has 0 bridgehead atoms. The Balaban J connectivity index is 0. The predicted molar refractivity (Wildman–Crippen MR) is 97.7 cm³/mol. The van der Waals surface area contributed by atoms with Crippen molar-refractivity contribution in [2.24, 2.45) is 17.6 Å². The van der Waals surface area contributed by atoms with Crippen LogP contribution in [-0.4, -0.2) is 55.8 Å². The molecular weight excluding hydrogens is 355 g/mol. The summed E-state index contributed by atoms with van der Waals surface area (Å²) < 4.78 is 0. The van der Waals surface area contributed by atoms with Gasteiger partial charge in [-0.05, 0) is 19.8 Å². The zero-order valence-electron chi connectivity index (χ0n) is 14.7. The van der Waals surface area contributed by atoms with Gasteiger partial charge in [-0.3, -0.25) is 19.5 Å². The summed E-state index contributed by atoms with van der Waals surface area (Å²) in [5, 5.41) is 28.8. The minimum absolute atomic E-state index is 0.00773. The van der Waals surface area contributed by atoms with E-state index in [9.17, 15) is 14.4 Å². The number of nitrogens with two attached hydrogens (primary N) is 1. The van der Waals surface area contributed by atoms with E-state index >= 15 is 0 Å². The lowest BCUT2D eigenvalue weighted by atomic mass is 9.89. The molecule has 0 aromatic rings. The average Bonchev–Trinajstić information content (AvgIpc) is 2.50. The van der Waals surface area contributed by atoms with Crippen molar-refractivity contribution >= 4 is 38.2 Å². The van der Waals surface area contributed by atoms with Crippen molar-refractivity contribution in [3.05, 3.63) is 0 Å². The first kappa shape index (κ1) is 25.5. The van der Waals surface area contributed by atoms with Crippen LogP contribution in [0.3, 0.4) is 0 Å². The van der Waals surface area contributed by atoms with Crippen LogP contribution >= 0.6 is 21.2 Å². The highest BCUT2D eigenvalue weighted by Gasteiger charge is 2.37. The van der Waals surface area contributed by atoms with E-state index in [2.05, 4.69) is 14.5 Å². The van der Waals surface area contributed by atoms with Gasteiger partial charge in [0.15, 0.2) is 5.12 Å². The summed E-state index contributed by atoms with van der Waals surface area (Å²) in [6, 6.07) is 0. The number of aliphatic hydroxyl groups excluding tert-OH is 1. The van der Waals surface area contributed by atoms with E-state index in [1.165, 1.54) is 13.8 Å². The quantitative estimate of drug-likeness (QED) is 0.378. The van der Waals surface area contributed by atoms with Crippen LogP contribution in [0, 0.1) is 11.8 Å². The van der Waals surface area contributed by atoms with Crippen LogP contribution in [0.15, 0.2) is 0 Å². The molecule has 5 unspecified atom stereocenters. The molecule has 0 saturated heterocycles. The molecule has 5 atom stereocenters. The molecule has 0 aliphatic heterocycles. The molecule has 0 heterocycles. The van der Waals surface area contributed by atoms with Gasteiger partial charge in [-0.2, -0.15) is 0 Å². The van der Waals surface area contributed by atoms with E-state index in [1.807, 2.05) is 0 Å². The maximum atomic E-state index is 11.0. The Hall–Kier alpha value is -0.730. The number of aliphatic hydroxyl groups is 1. The summed E-state index contributed by atoms with van der Waals surface area (Å²) in [5.74, 6) is -2.06. The number of hydrogen-bond donors (Lipinski definition) is 5. The monoisotopic (exact) mass is 384 g/mol. The lowest BCUT2D eigenvalue weighted by Crippen LogP contribution is -2.51. The fourth-order valence-electron chi connectivity index (χ4n) is 1.22. The number of hydrogen-bond acceptors (Lipinski definition) is 7. The minimum atomic E-state index is -1.32. The fraction of sp³-hybridized carbons (Fsp3) is 0.786. The average molecular weight is 384 g/mol. The number of carboxylic acid groups (broad SMARTS) is 2. The highest BCUT2D eigenvalue weighted by Crippen LogP contribution is 2.23. The predicted octanol–water partition coefficient (Wildman–Crippen LogP) is 0.542. The molecule has 142 valence electrons. The van der Waals surface area contributed by atoms with Crippen LogP contribution in [0.4, 0.5) is 0 Å². The van der Waals surface area contributed by atoms with Crippen molar-refractivity contribution in [1.29, 1.82) is 0 Å². The zero-order chi connectivity index (χ0) is 19.7. The smallest absolute Gasteiger partial charge is 0.324 e. The van der Waals surface area contributed by atoms with Crippen LogP contribution in [0.1, 0.15) is 34.6 Å². The van der Waals surface area contributed by atoms with E-state index in [0.717, 1.165) is 11.8 Å². The van der Waals surface area contributed by atoms with E-state index in [-0.39, 0.29) is 17.6 Å². The molecule has 0 aliphatic carbocycles. The summed E-state index contributed by atoms with van der Waals surface area (Å²) in [7, 11) is 2.21. The summed E-state index contributed by atoms with van der Waals surface area (Å²) in [6.45, 7) is 7.65. The largest absolute Gasteiger partial charge is 0.480 e. The standard InChI is InChI=1S/C8H16NO3PS.C6H13NO3/c1-5(4-14-6(2)10)8(3,9-13)7(11)12;1-4(3-8)6(2,7)5(9)10/h5,9H,4,13H2,1-3H3,(H,11,12);4,8H,3,7H2,1-2H3,(H,9,10). The second-order valence-electron chi connectivity index (χ2n) is 6.03. The Kier molecular flexibility index (Phi) is 11.7. The molecule has 10 heteroatoms. The van der Waals surface area contributed by atoms with Gasteiger partial charge >= 0.3 is 11.9 Å². The molecule has 24 heavy (non-hydrogen) atoms. The van der Waals surface area contributed by atoms with E-state index in [4.69, 9.17) is 21.1 Å². The topological polar surface area (TPSA) is 150 Å². The summed E-state index contributed by atoms with van der Waals surface area (Å²) in [4.78, 5) is 32.1. The first-order chi connectivity index (χ1) is 10.8. The Labute approximate surface area is 149 Å². The second-order valence-corrected chi connectivity index (χ2v) is 7.51. The lowest BCUT2D eigenvalue weighted by molar-refractivity contribution is -0.145. The first-order valence-electron chi connectivity index (χ1n) is 7.24. The Morgan fingerprint density at radius 2 is 1.62 bits per heavy atom. The number of carboxylic acids is 2. The Morgan fingerprint density at radius 3 is 1.83 bits per heavy atom. The Bertz CT molecular complexity index is 449. The maximum absolute atomic E-state index is 11.0. The van der Waals surface area contributed by atoms with Gasteiger partial charge in [0.25, 0.3) is 0 Å². The first-order valence-corrected chi connectivity index (χ1v) is 8.81. The summed E-state index contributed by atoms with van der Waals surface area (Å²) >= 11 is 1.15. The van der Waals surface area contributed by atoms with Gasteiger partial charge in [-0.1, -0.05) is 35.0 Å². The second kappa shape index (κ2) is 11.0. The van der Waals surface area contributed by atoms with Crippen LogP contribution < -0.4 is 10.8 Å². The van der Waals surface area contributed by atoms with Crippen molar-refractivity contribution in [3.63, 3.8) is 0 Å². The van der Waals surface area contributed by atoms with Crippen molar-refractivity contribution < 1.29 is 29.7 Å². The minimum Gasteiger partial charge on any atom is -0.480 e. The molecule has 0 amide bonds. The molecule has 0 fully saturated rings. The maximum Gasteiger partial charge on any atom is 0.324 e. The SMILES string of the molecule is CC(=O)SCC(C)C(C)(NP)C(=O)O.CC(CO)C(C)(N)C(=O)O. The van der Waals surface area contributed by atoms with Gasteiger partial charge in [0.05, 0.1) is 0 Å². The van der Waals surface area contributed by atoms with E-state index < -0.39 is 28.9 Å². The van der Waals surface area contributed by atoms with Gasteiger partial charge in [0, 0.05) is 25.2 Å². The molecule has 0 aromatic carbocycles. The molecule has 8 nitrogen and oxygen atoms in total. The van der Waals surface area contributed by atoms with Crippen LogP contribution in [-0.2, 0) is 14.4 Å². The molecular formula is C14H29N2O6PS. The van der Waals surface area contributed by atoms with Crippen LogP contribution in [0.25, 0.3) is 0 Å². The highest BCUT2D eigenvalue weighted by atomic mass is 32.2. The third-order valence-corrected chi connectivity index (χ3v) is 5.70. The lowest BCUT2D eigenvalue weighted by Gasteiger charge is -2.30. The molecule has 6 N–H and O–H groups in total. The van der Waals surface area contributed by atoms with Crippen molar-refractivity contribution in [3.8, 4) is 0 Å². The van der Waals surface area contributed by atoms with Gasteiger partial charge in [-0.25, -0.2) is 0 Å². The van der Waals surface area contributed by atoms with E-state index in [0.29, 0.717) is 5.75 Å². The molecule has 0 rings (SSSR count). The van der Waals surface area contributed by atoms with Gasteiger partial charge in [-0.15, -0.1) is 0 Å². The number of carbonyl (C=O) groups excluding carboxylic acids is 1. The van der Waals surface area contributed by atoms with Crippen LogP contribution in [0.2, 0.25) is 0 Å². The summed E-state index contributed by atoms with van der Waals surface area (Å²) in [6.07, 6.45) is 0. The molecule has 0 radical (unpaired) electrons. The van der Waals surface area contributed by atoms with Crippen molar-refractivity contribution in [2.75, 3.05) is 12.4 Å². The molecule has 0 saturated carbocycles. The van der Waals surface area contributed by atoms with Crippen molar-refractivity contribution in [1.82, 2.24) is 5.09 Å². The zero-order valence-corrected chi connectivity index (χ0v) is 16.7. The number of aliphatic carboxylic acids is 2. The van der Waals surface area contributed by atoms with Gasteiger partial charge in [0.1, 0.15) is 11.1 Å².